The van der Waals surface area contributed by atoms with Crippen LogP contribution < -0.4 is 10.0 Å². The van der Waals surface area contributed by atoms with Crippen molar-refractivity contribution in [1.82, 2.24) is 10.0 Å². The lowest BCUT2D eigenvalue weighted by molar-refractivity contribution is 0.0384. The number of carbonyl (C=O) groups is 1. The molecule has 0 radical (unpaired) electrons. The molecule has 0 aromatic heterocycles. The molecule has 0 aliphatic rings. The van der Waals surface area contributed by atoms with Crippen molar-refractivity contribution in [2.45, 2.75) is 116 Å². The molecule has 228 valence electrons. The zero-order valence-corrected chi connectivity index (χ0v) is 25.6. The van der Waals surface area contributed by atoms with Gasteiger partial charge in [0.15, 0.2) is 0 Å². The molecule has 1 atom stereocenters. The van der Waals surface area contributed by atoms with Crippen molar-refractivity contribution in [1.29, 1.82) is 0 Å². The molecule has 0 heterocycles. The van der Waals surface area contributed by atoms with Gasteiger partial charge in [0.05, 0.1) is 18.6 Å². The molecule has 0 aliphatic carbocycles. The highest BCUT2D eigenvalue weighted by Crippen LogP contribution is 2.13. The summed E-state index contributed by atoms with van der Waals surface area (Å²) < 4.78 is 62.5. The minimum atomic E-state index is -3.76. The number of methoxy groups -OCH3 is 1. The molecule has 0 fully saturated rings. The van der Waals surface area contributed by atoms with Gasteiger partial charge in [0.2, 0.25) is 10.0 Å². The summed E-state index contributed by atoms with van der Waals surface area (Å²) in [6.07, 6.45) is 20.3. The van der Waals surface area contributed by atoms with Gasteiger partial charge >= 0.3 is 6.09 Å². The number of ether oxygens (including phenoxy) is 2. The Bertz CT molecular complexity index is 776. The molecule has 0 aromatic rings. The van der Waals surface area contributed by atoms with Gasteiger partial charge in [0, 0.05) is 20.2 Å². The van der Waals surface area contributed by atoms with Crippen LogP contribution in [0, 0.1) is 0 Å². The largest absolute Gasteiger partial charge is 0.447 e. The minimum Gasteiger partial charge on any atom is -0.447 e. The molecule has 1 amide bonds. The van der Waals surface area contributed by atoms with Crippen LogP contribution in [-0.4, -0.2) is 74.5 Å². The zero-order valence-electron chi connectivity index (χ0n) is 24.0. The highest BCUT2D eigenvalue weighted by atomic mass is 32.2. The van der Waals surface area contributed by atoms with Crippen LogP contribution in [0.2, 0.25) is 0 Å². The molecule has 0 aliphatic heterocycles. The topological polar surface area (TPSA) is 137 Å². The molecule has 1 unspecified atom stereocenters. The van der Waals surface area contributed by atoms with E-state index >= 15 is 0 Å². The maximum Gasteiger partial charge on any atom is 0.407 e. The van der Waals surface area contributed by atoms with Crippen LogP contribution in [0.15, 0.2) is 0 Å². The lowest BCUT2D eigenvalue weighted by Crippen LogP contribution is -2.39. The minimum absolute atomic E-state index is 0.121. The fourth-order valence-electron chi connectivity index (χ4n) is 3.88. The van der Waals surface area contributed by atoms with Crippen molar-refractivity contribution in [2.75, 3.05) is 45.4 Å². The first-order chi connectivity index (χ1) is 18.1. The van der Waals surface area contributed by atoms with Gasteiger partial charge < -0.3 is 14.8 Å². The van der Waals surface area contributed by atoms with Crippen LogP contribution in [0.3, 0.4) is 0 Å². The first-order valence-corrected chi connectivity index (χ1v) is 17.8. The molecule has 0 bridgehead atoms. The van der Waals surface area contributed by atoms with Gasteiger partial charge in [-0.2, -0.15) is 8.42 Å². The molecule has 0 rings (SSSR count). The monoisotopic (exact) mass is 586 g/mol. The van der Waals surface area contributed by atoms with Gasteiger partial charge in [0.1, 0.15) is 12.7 Å². The predicted molar refractivity (Wildman–Crippen MR) is 152 cm³/mol. The Morgan fingerprint density at radius 1 is 0.763 bits per heavy atom. The fourth-order valence-corrected chi connectivity index (χ4v) is 5.26. The number of carbonyl (C=O) groups excluding carboxylic acids is 1. The zero-order chi connectivity index (χ0) is 28.5. The third-order valence-electron chi connectivity index (χ3n) is 6.21. The Morgan fingerprint density at radius 2 is 1.24 bits per heavy atom. The van der Waals surface area contributed by atoms with E-state index in [9.17, 15) is 21.6 Å². The first-order valence-electron chi connectivity index (χ1n) is 14.3. The van der Waals surface area contributed by atoms with Gasteiger partial charge in [-0.15, -0.1) is 0 Å². The Kier molecular flexibility index (Phi) is 23.3. The average Bonchev–Trinajstić information content (AvgIpc) is 2.85. The van der Waals surface area contributed by atoms with Gasteiger partial charge in [-0.3, -0.25) is 4.18 Å². The molecular weight excluding hydrogens is 532 g/mol. The second kappa shape index (κ2) is 23.9. The number of unbranched alkanes of at least 4 members (excludes halogenated alkanes) is 15. The van der Waals surface area contributed by atoms with Gasteiger partial charge in [-0.25, -0.2) is 17.9 Å². The molecule has 0 saturated carbocycles. The second-order valence-electron chi connectivity index (χ2n) is 9.88. The molecule has 10 nitrogen and oxygen atoms in total. The van der Waals surface area contributed by atoms with Crippen LogP contribution in [0.4, 0.5) is 4.79 Å². The highest BCUT2D eigenvalue weighted by Gasteiger charge is 2.17. The first kappa shape index (κ1) is 37.0. The van der Waals surface area contributed by atoms with Crippen molar-refractivity contribution in [3.63, 3.8) is 0 Å². The Morgan fingerprint density at radius 3 is 1.68 bits per heavy atom. The summed E-state index contributed by atoms with van der Waals surface area (Å²) in [4.78, 5) is 11.9. The highest BCUT2D eigenvalue weighted by molar-refractivity contribution is 7.89. The average molecular weight is 587 g/mol. The number of amides is 1. The van der Waals surface area contributed by atoms with E-state index in [1.54, 1.807) is 0 Å². The summed E-state index contributed by atoms with van der Waals surface area (Å²) >= 11 is 0. The second-order valence-corrected chi connectivity index (χ2v) is 13.5. The van der Waals surface area contributed by atoms with E-state index in [1.807, 2.05) is 0 Å². The Labute approximate surface area is 232 Å². The lowest BCUT2D eigenvalue weighted by atomic mass is 10.0. The molecule has 0 saturated heterocycles. The number of hydrogen-bond acceptors (Lipinski definition) is 8. The quantitative estimate of drug-likeness (QED) is 0.103. The maximum absolute atomic E-state index is 11.9. The molecular formula is C26H54N2O8S2. The fraction of sp³-hybridized carbons (Fsp3) is 0.962. The van der Waals surface area contributed by atoms with Crippen LogP contribution in [0.25, 0.3) is 0 Å². The van der Waals surface area contributed by atoms with E-state index in [0.717, 1.165) is 25.5 Å². The standard InChI is InChI=1S/C26H54N2O8S2/c1-4-5-6-7-8-9-10-11-12-13-14-15-16-17-18-19-20-27-26(29)35-24-25(34-2)23-28-38(32,33)22-21-36-37(3,30)31/h25,28H,4-24H2,1-3H3,(H,27,29). The number of alkyl carbamates (subject to hydrolysis) is 1. The smallest absolute Gasteiger partial charge is 0.407 e. The van der Waals surface area contributed by atoms with Gasteiger partial charge in [-0.1, -0.05) is 103 Å². The van der Waals surface area contributed by atoms with E-state index in [4.69, 9.17) is 9.47 Å². The van der Waals surface area contributed by atoms with Gasteiger partial charge in [-0.05, 0) is 6.42 Å². The maximum atomic E-state index is 11.9. The van der Waals surface area contributed by atoms with Crippen LogP contribution in [-0.2, 0) is 33.8 Å². The van der Waals surface area contributed by atoms with Crippen LogP contribution in [0.5, 0.6) is 0 Å². The predicted octanol–water partition coefficient (Wildman–Crippen LogP) is 4.88. The summed E-state index contributed by atoms with van der Waals surface area (Å²) in [7, 11) is -6.09. The van der Waals surface area contributed by atoms with Gasteiger partial charge in [0.25, 0.3) is 10.1 Å². The SMILES string of the molecule is CCCCCCCCCCCCCCCCCCNC(=O)OCC(CNS(=O)(=O)CCOS(C)(=O)=O)OC. The van der Waals surface area contributed by atoms with Crippen molar-refractivity contribution < 1.29 is 35.3 Å². The summed E-state index contributed by atoms with van der Waals surface area (Å²) in [5.74, 6) is -0.517. The van der Waals surface area contributed by atoms with Crippen LogP contribution in [0.1, 0.15) is 110 Å². The molecule has 38 heavy (non-hydrogen) atoms. The van der Waals surface area contributed by atoms with E-state index in [1.165, 1.54) is 90.6 Å². The number of hydrogen-bond donors (Lipinski definition) is 2. The Hall–Kier alpha value is -0.950. The lowest BCUT2D eigenvalue weighted by Gasteiger charge is -2.16. The molecule has 0 aromatic carbocycles. The van der Waals surface area contributed by atoms with E-state index in [-0.39, 0.29) is 13.2 Å². The summed E-state index contributed by atoms with van der Waals surface area (Å²) in [6.45, 7) is 2.06. The molecule has 0 spiro atoms. The van der Waals surface area contributed by atoms with Crippen molar-refractivity contribution in [3.05, 3.63) is 0 Å². The normalized spacial score (nSPS) is 12.9. The third-order valence-corrected chi connectivity index (χ3v) is 8.12. The van der Waals surface area contributed by atoms with E-state index in [2.05, 4.69) is 21.1 Å². The van der Waals surface area contributed by atoms with Crippen molar-refractivity contribution >= 4 is 26.2 Å². The van der Waals surface area contributed by atoms with E-state index < -0.39 is 44.7 Å². The summed E-state index contributed by atoms with van der Waals surface area (Å²) in [5, 5.41) is 2.70. The van der Waals surface area contributed by atoms with Crippen molar-refractivity contribution in [3.8, 4) is 0 Å². The third kappa shape index (κ3) is 26.6. The summed E-state index contributed by atoms with van der Waals surface area (Å²) in [5.41, 5.74) is 0. The van der Waals surface area contributed by atoms with E-state index in [0.29, 0.717) is 6.54 Å². The molecule has 12 heteroatoms. The number of sulfonamides is 1. The van der Waals surface area contributed by atoms with Crippen LogP contribution >= 0.6 is 0 Å². The molecule has 2 N–H and O–H groups in total. The van der Waals surface area contributed by atoms with Crippen molar-refractivity contribution in [2.24, 2.45) is 0 Å². The number of rotatable bonds is 27. The number of nitrogens with one attached hydrogen (secondary N) is 2. The Balaban J connectivity index is 3.62. The summed E-state index contributed by atoms with van der Waals surface area (Å²) in [6, 6.07) is 0.